The van der Waals surface area contributed by atoms with Gasteiger partial charge in [0.25, 0.3) is 0 Å². The van der Waals surface area contributed by atoms with E-state index in [0.29, 0.717) is 11.6 Å². The first-order chi connectivity index (χ1) is 13.7. The number of carbonyl (C=O) groups excluding carboxylic acids is 1. The third kappa shape index (κ3) is 4.30. The van der Waals surface area contributed by atoms with Gasteiger partial charge in [-0.2, -0.15) is 0 Å². The van der Waals surface area contributed by atoms with Crippen LogP contribution in [0.4, 0.5) is 0 Å². The molecule has 28 heavy (non-hydrogen) atoms. The maximum Gasteiger partial charge on any atom is 0.237 e. The summed E-state index contributed by atoms with van der Waals surface area (Å²) < 4.78 is 0. The van der Waals surface area contributed by atoms with E-state index in [-0.39, 0.29) is 18.0 Å². The first-order valence-electron chi connectivity index (χ1n) is 9.59. The van der Waals surface area contributed by atoms with Crippen LogP contribution in [0.25, 0.3) is 0 Å². The summed E-state index contributed by atoms with van der Waals surface area (Å²) in [6.45, 7) is 1.13. The molecule has 1 N–H and O–H groups in total. The molecule has 0 saturated carbocycles. The van der Waals surface area contributed by atoms with Crippen molar-refractivity contribution in [3.8, 4) is 0 Å². The minimum atomic E-state index is -0.0772. The Hall–Kier alpha value is -2.14. The first kappa shape index (κ1) is 19.2. The highest BCUT2D eigenvalue weighted by atomic mass is 35.5. The van der Waals surface area contributed by atoms with Crippen molar-refractivity contribution >= 4 is 28.8 Å². The Kier molecular flexibility index (Phi) is 6.10. The van der Waals surface area contributed by atoms with Gasteiger partial charge in [0.2, 0.25) is 5.91 Å². The van der Waals surface area contributed by atoms with E-state index in [1.807, 2.05) is 47.4 Å². The summed E-state index contributed by atoms with van der Waals surface area (Å²) in [4.78, 5) is 16.3. The van der Waals surface area contributed by atoms with Gasteiger partial charge in [0.15, 0.2) is 0 Å². The zero-order valence-electron chi connectivity index (χ0n) is 15.6. The highest BCUT2D eigenvalue weighted by Crippen LogP contribution is 2.34. The van der Waals surface area contributed by atoms with E-state index in [1.54, 1.807) is 11.3 Å². The van der Waals surface area contributed by atoms with Crippen LogP contribution in [0.1, 0.15) is 40.9 Å². The topological polar surface area (TPSA) is 32.3 Å². The molecule has 0 bridgehead atoms. The lowest BCUT2D eigenvalue weighted by atomic mass is 9.98. The number of nitrogens with zero attached hydrogens (tertiary/aromatic N) is 1. The number of amides is 1. The van der Waals surface area contributed by atoms with Crippen molar-refractivity contribution in [3.63, 3.8) is 0 Å². The molecule has 144 valence electrons. The molecular formula is C23H23ClN2OS. The minimum absolute atomic E-state index is 0.0772. The van der Waals surface area contributed by atoms with Gasteiger partial charge in [0, 0.05) is 16.4 Å². The van der Waals surface area contributed by atoms with Crippen molar-refractivity contribution in [1.82, 2.24) is 10.2 Å². The summed E-state index contributed by atoms with van der Waals surface area (Å²) in [5, 5.41) is 6.26. The van der Waals surface area contributed by atoms with Crippen LogP contribution < -0.4 is 5.32 Å². The van der Waals surface area contributed by atoms with Gasteiger partial charge in [-0.1, -0.05) is 60.1 Å². The smallest absolute Gasteiger partial charge is 0.237 e. The Morgan fingerprint density at radius 1 is 1.11 bits per heavy atom. The van der Waals surface area contributed by atoms with Gasteiger partial charge in [-0.15, -0.1) is 11.3 Å². The molecule has 3 nitrogen and oxygen atoms in total. The lowest BCUT2D eigenvalue weighted by Crippen LogP contribution is -2.39. The quantitative estimate of drug-likeness (QED) is 0.586. The summed E-state index contributed by atoms with van der Waals surface area (Å²) in [7, 11) is 0. The number of carbonyl (C=O) groups is 1. The molecule has 2 heterocycles. The van der Waals surface area contributed by atoms with Crippen molar-refractivity contribution in [3.05, 3.63) is 93.1 Å². The van der Waals surface area contributed by atoms with Gasteiger partial charge < -0.3 is 4.90 Å². The number of likely N-dealkylation sites (tertiary alicyclic amines) is 1. The molecule has 1 saturated heterocycles. The molecule has 1 aromatic heterocycles. The summed E-state index contributed by atoms with van der Waals surface area (Å²) in [5.41, 5.74) is 2.18. The Morgan fingerprint density at radius 2 is 1.93 bits per heavy atom. The summed E-state index contributed by atoms with van der Waals surface area (Å²) >= 11 is 7.95. The maximum atomic E-state index is 13.0. The predicted octanol–water partition coefficient (Wildman–Crippen LogP) is 5.44. The van der Waals surface area contributed by atoms with Crippen molar-refractivity contribution < 1.29 is 4.79 Å². The third-order valence-corrected chi connectivity index (χ3v) is 6.43. The standard InChI is InChI=1S/C23H23ClN2OS/c24-19-10-4-9-18(15-19)23(17-7-2-1-3-8-17)25-16-22(27)26-13-5-11-20(26)21-12-6-14-28-21/h1-4,6-10,12,14-15,20,23,25H,5,11,13,16H2. The minimum Gasteiger partial charge on any atom is -0.334 e. The average molecular weight is 411 g/mol. The fraction of sp³-hybridized carbons (Fsp3) is 0.261. The fourth-order valence-corrected chi connectivity index (χ4v) is 4.96. The van der Waals surface area contributed by atoms with E-state index in [0.717, 1.165) is 30.5 Å². The summed E-state index contributed by atoms with van der Waals surface area (Å²) in [5.74, 6) is 0.152. The predicted molar refractivity (Wildman–Crippen MR) is 116 cm³/mol. The van der Waals surface area contributed by atoms with Crippen LogP contribution in [0.5, 0.6) is 0 Å². The van der Waals surface area contributed by atoms with Crippen LogP contribution in [0, 0.1) is 0 Å². The van der Waals surface area contributed by atoms with Gasteiger partial charge in [0.1, 0.15) is 0 Å². The van der Waals surface area contributed by atoms with E-state index in [9.17, 15) is 4.79 Å². The highest BCUT2D eigenvalue weighted by molar-refractivity contribution is 7.10. The van der Waals surface area contributed by atoms with Gasteiger partial charge >= 0.3 is 0 Å². The number of benzene rings is 2. The summed E-state index contributed by atoms with van der Waals surface area (Å²) in [6, 6.07) is 22.3. The van der Waals surface area contributed by atoms with Gasteiger partial charge in [-0.3, -0.25) is 10.1 Å². The van der Waals surface area contributed by atoms with Crippen LogP contribution in [-0.4, -0.2) is 23.9 Å². The molecule has 1 aliphatic heterocycles. The van der Waals surface area contributed by atoms with Gasteiger partial charge in [-0.05, 0) is 47.5 Å². The number of halogens is 1. The van der Waals surface area contributed by atoms with Crippen LogP contribution >= 0.6 is 22.9 Å². The zero-order chi connectivity index (χ0) is 19.3. The zero-order valence-corrected chi connectivity index (χ0v) is 17.1. The van der Waals surface area contributed by atoms with Crippen LogP contribution in [0.15, 0.2) is 72.1 Å². The molecule has 0 aliphatic carbocycles. The molecule has 5 heteroatoms. The molecule has 1 fully saturated rings. The largest absolute Gasteiger partial charge is 0.334 e. The number of hydrogen-bond donors (Lipinski definition) is 1. The van der Waals surface area contributed by atoms with Crippen LogP contribution in [0.3, 0.4) is 0 Å². The Bertz CT molecular complexity index is 913. The second kappa shape index (κ2) is 8.91. The number of nitrogens with one attached hydrogen (secondary N) is 1. The molecule has 3 aromatic rings. The highest BCUT2D eigenvalue weighted by Gasteiger charge is 2.30. The Morgan fingerprint density at radius 3 is 2.68 bits per heavy atom. The lowest BCUT2D eigenvalue weighted by Gasteiger charge is -2.26. The van der Waals surface area contributed by atoms with Crippen molar-refractivity contribution in [1.29, 1.82) is 0 Å². The van der Waals surface area contributed by atoms with E-state index in [4.69, 9.17) is 11.6 Å². The Balaban J connectivity index is 1.50. The van der Waals surface area contributed by atoms with Crippen LogP contribution in [-0.2, 0) is 4.79 Å². The fourth-order valence-electron chi connectivity index (χ4n) is 3.89. The maximum absolute atomic E-state index is 13.0. The number of hydrogen-bond acceptors (Lipinski definition) is 3. The molecular weight excluding hydrogens is 388 g/mol. The molecule has 0 spiro atoms. The van der Waals surface area contributed by atoms with E-state index in [1.165, 1.54) is 4.88 Å². The molecule has 2 atom stereocenters. The van der Waals surface area contributed by atoms with E-state index in [2.05, 4.69) is 35.0 Å². The molecule has 1 aliphatic rings. The van der Waals surface area contributed by atoms with Crippen LogP contribution in [0.2, 0.25) is 5.02 Å². The molecule has 2 aromatic carbocycles. The normalized spacial score (nSPS) is 17.6. The molecule has 1 amide bonds. The first-order valence-corrected chi connectivity index (χ1v) is 10.8. The van der Waals surface area contributed by atoms with Crippen molar-refractivity contribution in [2.75, 3.05) is 13.1 Å². The van der Waals surface area contributed by atoms with E-state index < -0.39 is 0 Å². The van der Waals surface area contributed by atoms with Gasteiger partial charge in [0.05, 0.1) is 18.6 Å². The molecule has 2 unspecified atom stereocenters. The second-order valence-electron chi connectivity index (χ2n) is 7.04. The number of thiophene rings is 1. The van der Waals surface area contributed by atoms with E-state index >= 15 is 0 Å². The average Bonchev–Trinajstić information content (AvgIpc) is 3.40. The Labute approximate surface area is 175 Å². The SMILES string of the molecule is O=C(CNC(c1ccccc1)c1cccc(Cl)c1)N1CCCC1c1cccs1. The summed E-state index contributed by atoms with van der Waals surface area (Å²) in [6.07, 6.45) is 2.10. The van der Waals surface area contributed by atoms with Gasteiger partial charge in [-0.25, -0.2) is 0 Å². The lowest BCUT2D eigenvalue weighted by molar-refractivity contribution is -0.131. The molecule has 4 rings (SSSR count). The third-order valence-electron chi connectivity index (χ3n) is 5.22. The number of rotatable bonds is 6. The monoisotopic (exact) mass is 410 g/mol. The second-order valence-corrected chi connectivity index (χ2v) is 8.46. The van der Waals surface area contributed by atoms with Crippen molar-refractivity contribution in [2.45, 2.75) is 24.9 Å². The van der Waals surface area contributed by atoms with Crippen molar-refractivity contribution in [2.24, 2.45) is 0 Å². The molecule has 0 radical (unpaired) electrons.